The summed E-state index contributed by atoms with van der Waals surface area (Å²) >= 11 is 1.26. The number of nitrogens with zero attached hydrogens (tertiary/aromatic N) is 2. The normalized spacial score (nSPS) is 16.2. The molecule has 0 amide bonds. The van der Waals surface area contributed by atoms with Crippen molar-refractivity contribution in [2.45, 2.75) is 18.9 Å². The largest absolute Gasteiger partial charge is 0.478 e. The van der Waals surface area contributed by atoms with Crippen LogP contribution in [-0.2, 0) is 6.42 Å². The van der Waals surface area contributed by atoms with Crippen LogP contribution in [0, 0.1) is 5.82 Å². The van der Waals surface area contributed by atoms with Gasteiger partial charge in [0.1, 0.15) is 17.3 Å². The maximum absolute atomic E-state index is 14.4. The van der Waals surface area contributed by atoms with Gasteiger partial charge in [0.15, 0.2) is 4.80 Å². The van der Waals surface area contributed by atoms with Crippen LogP contribution < -0.4 is 14.9 Å². The second-order valence-electron chi connectivity index (χ2n) is 9.76. The van der Waals surface area contributed by atoms with Crippen LogP contribution in [0.5, 0.6) is 0 Å². The van der Waals surface area contributed by atoms with Crippen LogP contribution in [0.2, 0.25) is 0 Å². The van der Waals surface area contributed by atoms with Gasteiger partial charge in [0.25, 0.3) is 5.56 Å². The Bertz CT molecular complexity index is 2050. The van der Waals surface area contributed by atoms with E-state index in [1.54, 1.807) is 47.0 Å². The first-order chi connectivity index (χ1) is 19.5. The topological polar surface area (TPSA) is 84.8 Å². The van der Waals surface area contributed by atoms with E-state index in [1.165, 1.54) is 35.1 Å². The molecule has 0 fully saturated rings. The molecule has 0 unspecified atom stereocenters. The van der Waals surface area contributed by atoms with E-state index in [1.807, 2.05) is 24.3 Å². The second-order valence-corrected chi connectivity index (χ2v) is 10.8. The highest BCUT2D eigenvalue weighted by molar-refractivity contribution is 7.07. The first kappa shape index (κ1) is 24.2. The Hall–Kier alpha value is -4.82. The number of aromatic carboxylic acids is 1. The molecular weight excluding hydrogens is 527 g/mol. The monoisotopic (exact) mass is 548 g/mol. The Balaban J connectivity index is 1.38. The lowest BCUT2D eigenvalue weighted by Crippen LogP contribution is -2.38. The Morgan fingerprint density at radius 1 is 1.02 bits per heavy atom. The number of carboxylic acid groups (broad SMARTS) is 1. The van der Waals surface area contributed by atoms with E-state index >= 15 is 0 Å². The van der Waals surface area contributed by atoms with Gasteiger partial charge in [-0.2, -0.15) is 0 Å². The Labute approximate surface area is 231 Å². The molecule has 7 rings (SSSR count). The van der Waals surface area contributed by atoms with E-state index in [2.05, 4.69) is 6.07 Å². The number of thiazole rings is 1. The Morgan fingerprint density at radius 3 is 2.73 bits per heavy atom. The zero-order valence-corrected chi connectivity index (χ0v) is 21.8. The van der Waals surface area contributed by atoms with Crippen molar-refractivity contribution < 1.29 is 18.7 Å². The number of halogens is 1. The highest BCUT2D eigenvalue weighted by atomic mass is 32.1. The van der Waals surface area contributed by atoms with E-state index in [-0.39, 0.29) is 16.9 Å². The molecule has 0 saturated heterocycles. The smallest absolute Gasteiger partial charge is 0.335 e. The van der Waals surface area contributed by atoms with Gasteiger partial charge >= 0.3 is 5.97 Å². The third-order valence-electron chi connectivity index (χ3n) is 7.33. The average molecular weight is 549 g/mol. The van der Waals surface area contributed by atoms with E-state index < -0.39 is 12.0 Å². The molecule has 40 heavy (non-hydrogen) atoms. The van der Waals surface area contributed by atoms with Crippen molar-refractivity contribution in [3.63, 3.8) is 0 Å². The van der Waals surface area contributed by atoms with Crippen LogP contribution in [-0.4, -0.2) is 15.6 Å². The summed E-state index contributed by atoms with van der Waals surface area (Å²) in [5, 5.41) is 9.31. The fourth-order valence-electron chi connectivity index (χ4n) is 5.52. The summed E-state index contributed by atoms with van der Waals surface area (Å²) in [5.74, 6) is -0.429. The molecule has 3 heterocycles. The maximum atomic E-state index is 14.4. The molecule has 1 atom stereocenters. The van der Waals surface area contributed by atoms with Crippen molar-refractivity contribution in [2.24, 2.45) is 4.99 Å². The maximum Gasteiger partial charge on any atom is 0.335 e. The van der Waals surface area contributed by atoms with Crippen molar-refractivity contribution in [3.05, 3.63) is 144 Å². The first-order valence-corrected chi connectivity index (χ1v) is 13.6. The number of fused-ring (bicyclic) bond motifs is 3. The van der Waals surface area contributed by atoms with Crippen molar-refractivity contribution in [1.82, 2.24) is 4.57 Å². The summed E-state index contributed by atoms with van der Waals surface area (Å²) in [4.78, 5) is 30.7. The zero-order valence-electron chi connectivity index (χ0n) is 21.0. The lowest BCUT2D eigenvalue weighted by molar-refractivity contribution is 0.0697. The number of furan rings is 1. The third kappa shape index (κ3) is 4.04. The molecule has 8 heteroatoms. The number of carbonyl (C=O) groups is 1. The molecule has 196 valence electrons. The van der Waals surface area contributed by atoms with Crippen LogP contribution in [0.1, 0.15) is 45.3 Å². The quantitative estimate of drug-likeness (QED) is 0.325. The van der Waals surface area contributed by atoms with Gasteiger partial charge in [-0.25, -0.2) is 14.2 Å². The lowest BCUT2D eigenvalue weighted by atomic mass is 9.83. The molecule has 0 saturated carbocycles. The molecule has 1 N–H and O–H groups in total. The van der Waals surface area contributed by atoms with Gasteiger partial charge in [-0.15, -0.1) is 0 Å². The molecule has 0 bridgehead atoms. The minimum Gasteiger partial charge on any atom is -0.478 e. The molecule has 1 aliphatic carbocycles. The SMILES string of the molecule is O=C(O)c1cccc(-c2ccc(/C=c3/sc4n(c3=O)[C@H](c3cccc(F)c3)C3=C(N=4)c4ccccc4CC3)o2)c1. The molecule has 2 aromatic heterocycles. The first-order valence-electron chi connectivity index (χ1n) is 12.8. The molecule has 2 aliphatic rings. The molecule has 5 aromatic rings. The van der Waals surface area contributed by atoms with Crippen molar-refractivity contribution >= 4 is 29.1 Å². The van der Waals surface area contributed by atoms with E-state index in [4.69, 9.17) is 9.41 Å². The number of hydrogen-bond donors (Lipinski definition) is 1. The highest BCUT2D eigenvalue weighted by Gasteiger charge is 2.32. The molecular formula is C32H21FN2O4S. The standard InChI is InChI=1S/C32H21FN2O4S/c33-22-9-4-7-20(16-22)29-25-13-11-18-5-1-2-10-24(18)28(25)34-32-35(29)30(36)27(40-32)17-23-12-14-26(39-23)19-6-3-8-21(15-19)31(37)38/h1-10,12,14-17,29H,11,13H2,(H,37,38)/b27-17+/t29-/m1/s1. The summed E-state index contributed by atoms with van der Waals surface area (Å²) in [6.45, 7) is 0. The number of allylic oxidation sites excluding steroid dienone is 1. The lowest BCUT2D eigenvalue weighted by Gasteiger charge is -2.30. The van der Waals surface area contributed by atoms with Crippen LogP contribution in [0.3, 0.4) is 0 Å². The van der Waals surface area contributed by atoms with Gasteiger partial charge in [-0.05, 0) is 65.9 Å². The van der Waals surface area contributed by atoms with E-state index in [0.717, 1.165) is 29.7 Å². The summed E-state index contributed by atoms with van der Waals surface area (Å²) in [5.41, 5.74) is 5.36. The van der Waals surface area contributed by atoms with E-state index in [9.17, 15) is 19.1 Å². The Kier molecular flexibility index (Phi) is 5.71. The minimum absolute atomic E-state index is 0.159. The fraction of sp³-hybridized carbons (Fsp3) is 0.0938. The van der Waals surface area contributed by atoms with Crippen LogP contribution in [0.4, 0.5) is 4.39 Å². The number of hydrogen-bond acceptors (Lipinski definition) is 5. The second kappa shape index (κ2) is 9.43. The number of aryl methyl sites for hydroxylation is 1. The van der Waals surface area contributed by atoms with Crippen molar-refractivity contribution in [3.8, 4) is 11.3 Å². The van der Waals surface area contributed by atoms with Gasteiger partial charge in [0.05, 0.1) is 21.8 Å². The fourth-order valence-corrected chi connectivity index (χ4v) is 6.50. The average Bonchev–Trinajstić information content (AvgIpc) is 3.56. The van der Waals surface area contributed by atoms with Crippen molar-refractivity contribution in [2.75, 3.05) is 0 Å². The number of benzene rings is 3. The summed E-state index contributed by atoms with van der Waals surface area (Å²) in [7, 11) is 0. The molecule has 1 aliphatic heterocycles. The predicted molar refractivity (Wildman–Crippen MR) is 150 cm³/mol. The molecule has 3 aromatic carbocycles. The van der Waals surface area contributed by atoms with Crippen LogP contribution in [0.25, 0.3) is 23.1 Å². The molecule has 0 spiro atoms. The predicted octanol–water partition coefficient (Wildman–Crippen LogP) is 5.42. The van der Waals surface area contributed by atoms with E-state index in [0.29, 0.717) is 32.0 Å². The summed E-state index contributed by atoms with van der Waals surface area (Å²) in [6, 6.07) is 24.1. The summed E-state index contributed by atoms with van der Waals surface area (Å²) in [6.07, 6.45) is 3.21. The Morgan fingerprint density at radius 2 is 1.88 bits per heavy atom. The molecule has 6 nitrogen and oxygen atoms in total. The number of aromatic nitrogens is 1. The van der Waals surface area contributed by atoms with Crippen molar-refractivity contribution in [1.29, 1.82) is 0 Å². The third-order valence-corrected chi connectivity index (χ3v) is 8.31. The summed E-state index contributed by atoms with van der Waals surface area (Å²) < 4.78 is 22.5. The molecule has 0 radical (unpaired) electrons. The van der Waals surface area contributed by atoms with Gasteiger partial charge in [0, 0.05) is 17.2 Å². The zero-order chi connectivity index (χ0) is 27.4. The van der Waals surface area contributed by atoms with Gasteiger partial charge in [-0.1, -0.05) is 59.9 Å². The van der Waals surface area contributed by atoms with Gasteiger partial charge in [-0.3, -0.25) is 9.36 Å². The minimum atomic E-state index is -1.02. The van der Waals surface area contributed by atoms with Crippen LogP contribution >= 0.6 is 11.3 Å². The van der Waals surface area contributed by atoms with Gasteiger partial charge in [0.2, 0.25) is 0 Å². The number of rotatable bonds is 4. The number of carboxylic acids is 1. The van der Waals surface area contributed by atoms with Crippen LogP contribution in [0.15, 0.2) is 105 Å². The van der Waals surface area contributed by atoms with Gasteiger partial charge < -0.3 is 9.52 Å². The highest BCUT2D eigenvalue weighted by Crippen LogP contribution is 2.41.